The Morgan fingerprint density at radius 1 is 0.722 bits per heavy atom. The van der Waals surface area contributed by atoms with E-state index >= 15 is 0 Å². The van der Waals surface area contributed by atoms with Gasteiger partial charge in [0, 0.05) is 12.1 Å². The van der Waals surface area contributed by atoms with Crippen molar-refractivity contribution in [2.75, 3.05) is 0 Å². The Morgan fingerprint density at radius 3 is 1.22 bits per heavy atom. The highest BCUT2D eigenvalue weighted by Gasteiger charge is 2.24. The minimum absolute atomic E-state index is 0. The second-order valence-corrected chi connectivity index (χ2v) is 3.25. The smallest absolute Gasteiger partial charge is 0.200 e. The summed E-state index contributed by atoms with van der Waals surface area (Å²) in [5.41, 5.74) is 3.80. The maximum absolute atomic E-state index is 12.6. The van der Waals surface area contributed by atoms with Crippen molar-refractivity contribution in [2.24, 2.45) is 5.73 Å². The largest absolute Gasteiger partial charge is 0.326 e. The molecule has 0 unspecified atom stereocenters. The number of halogens is 6. The highest BCUT2D eigenvalue weighted by atomic mass is 35.5. The van der Waals surface area contributed by atoms with Crippen molar-refractivity contribution in [3.63, 3.8) is 0 Å². The second-order valence-electron chi connectivity index (χ2n) is 3.25. The maximum atomic E-state index is 12.6. The van der Waals surface area contributed by atoms with Gasteiger partial charge in [-0.2, -0.15) is 0 Å². The highest BCUT2D eigenvalue weighted by molar-refractivity contribution is 5.85. The summed E-state index contributed by atoms with van der Waals surface area (Å²) in [4.78, 5) is 0. The SMILES string of the molecule is CCCC.Cl.NCc1c(F)c(F)c(F)c(F)c1F. The molecule has 0 radical (unpaired) electrons. The van der Waals surface area contributed by atoms with Crippen molar-refractivity contribution in [3.05, 3.63) is 34.6 Å². The van der Waals surface area contributed by atoms with Crippen molar-refractivity contribution in [2.45, 2.75) is 33.2 Å². The van der Waals surface area contributed by atoms with Crippen LogP contribution < -0.4 is 5.73 Å². The molecule has 0 aliphatic carbocycles. The third kappa shape index (κ3) is 4.42. The first-order valence-electron chi connectivity index (χ1n) is 5.12. The van der Waals surface area contributed by atoms with Gasteiger partial charge in [0.25, 0.3) is 0 Å². The van der Waals surface area contributed by atoms with Gasteiger partial charge in [0.15, 0.2) is 23.3 Å². The van der Waals surface area contributed by atoms with Gasteiger partial charge in [0.05, 0.1) is 0 Å². The molecule has 106 valence electrons. The number of hydrogen-bond donors (Lipinski definition) is 1. The van der Waals surface area contributed by atoms with E-state index in [2.05, 4.69) is 13.8 Å². The monoisotopic (exact) mass is 291 g/mol. The van der Waals surface area contributed by atoms with Gasteiger partial charge >= 0.3 is 0 Å². The van der Waals surface area contributed by atoms with E-state index < -0.39 is 41.2 Å². The molecule has 0 heterocycles. The van der Waals surface area contributed by atoms with Crippen LogP contribution in [-0.4, -0.2) is 0 Å². The topological polar surface area (TPSA) is 26.0 Å². The fourth-order valence-electron chi connectivity index (χ4n) is 0.830. The van der Waals surface area contributed by atoms with Gasteiger partial charge in [0.2, 0.25) is 5.82 Å². The quantitative estimate of drug-likeness (QED) is 0.496. The minimum Gasteiger partial charge on any atom is -0.326 e. The minimum atomic E-state index is -2.17. The standard InChI is InChI=1S/C7H4F5N.C4H10.ClH/c8-3-2(1-13)4(9)6(11)7(12)5(3)10;1-3-4-2;/h1,13H2;3-4H2,1-2H3;1H. The summed E-state index contributed by atoms with van der Waals surface area (Å²) in [6.07, 6.45) is 2.64. The lowest BCUT2D eigenvalue weighted by atomic mass is 10.1. The van der Waals surface area contributed by atoms with Crippen molar-refractivity contribution in [3.8, 4) is 0 Å². The Balaban J connectivity index is 0. The fourth-order valence-corrected chi connectivity index (χ4v) is 0.830. The molecule has 1 aromatic carbocycles. The van der Waals surface area contributed by atoms with Gasteiger partial charge in [-0.25, -0.2) is 22.0 Å². The third-order valence-corrected chi connectivity index (χ3v) is 2.00. The number of unbranched alkanes of at least 4 members (excludes halogenated alkanes) is 1. The van der Waals surface area contributed by atoms with E-state index in [1.54, 1.807) is 0 Å². The molecule has 18 heavy (non-hydrogen) atoms. The Hall–Kier alpha value is -0.880. The lowest BCUT2D eigenvalue weighted by molar-refractivity contribution is 0.370. The van der Waals surface area contributed by atoms with Crippen molar-refractivity contribution in [1.29, 1.82) is 0 Å². The van der Waals surface area contributed by atoms with Crippen LogP contribution in [-0.2, 0) is 6.54 Å². The molecule has 0 saturated carbocycles. The lowest BCUT2D eigenvalue weighted by Crippen LogP contribution is -2.10. The normalized spacial score (nSPS) is 9.33. The first-order chi connectivity index (χ1) is 7.92. The molecule has 1 rings (SSSR count). The van der Waals surface area contributed by atoms with Crippen LogP contribution in [0.2, 0.25) is 0 Å². The zero-order valence-corrected chi connectivity index (χ0v) is 10.8. The van der Waals surface area contributed by atoms with E-state index in [1.807, 2.05) is 0 Å². The third-order valence-electron chi connectivity index (χ3n) is 2.00. The number of nitrogens with two attached hydrogens (primary N) is 1. The van der Waals surface area contributed by atoms with Crippen molar-refractivity contribution < 1.29 is 22.0 Å². The molecule has 7 heteroatoms. The predicted octanol–water partition coefficient (Wildman–Crippen LogP) is 4.07. The number of rotatable bonds is 2. The average Bonchev–Trinajstić information content (AvgIpc) is 2.35. The Kier molecular flexibility index (Phi) is 9.84. The van der Waals surface area contributed by atoms with Crippen LogP contribution in [0.25, 0.3) is 0 Å². The van der Waals surface area contributed by atoms with Crippen LogP contribution in [0.4, 0.5) is 22.0 Å². The molecule has 0 fully saturated rings. The number of benzene rings is 1. The van der Waals surface area contributed by atoms with E-state index in [0.29, 0.717) is 0 Å². The molecule has 2 N–H and O–H groups in total. The van der Waals surface area contributed by atoms with Crippen LogP contribution in [0.5, 0.6) is 0 Å². The second kappa shape index (κ2) is 9.10. The van der Waals surface area contributed by atoms with Gasteiger partial charge in [-0.05, 0) is 0 Å². The molecule has 0 aliphatic heterocycles. The zero-order valence-electron chi connectivity index (χ0n) is 10.00. The molecular formula is C11H15ClF5N. The maximum Gasteiger partial charge on any atom is 0.200 e. The first kappa shape index (κ1) is 19.5. The average molecular weight is 292 g/mol. The molecule has 0 amide bonds. The van der Waals surface area contributed by atoms with Gasteiger partial charge in [0.1, 0.15) is 0 Å². The molecule has 1 aromatic rings. The van der Waals surface area contributed by atoms with Crippen LogP contribution in [0.3, 0.4) is 0 Å². The molecule has 0 bridgehead atoms. The van der Waals surface area contributed by atoms with Crippen LogP contribution in [0.15, 0.2) is 0 Å². The fraction of sp³-hybridized carbons (Fsp3) is 0.455. The van der Waals surface area contributed by atoms with Gasteiger partial charge in [-0.3, -0.25) is 0 Å². The van der Waals surface area contributed by atoms with Crippen LogP contribution >= 0.6 is 12.4 Å². The van der Waals surface area contributed by atoms with Crippen LogP contribution in [0, 0.1) is 29.1 Å². The van der Waals surface area contributed by atoms with E-state index in [-0.39, 0.29) is 12.4 Å². The van der Waals surface area contributed by atoms with Crippen molar-refractivity contribution in [1.82, 2.24) is 0 Å². The van der Waals surface area contributed by atoms with Gasteiger partial charge < -0.3 is 5.73 Å². The summed E-state index contributed by atoms with van der Waals surface area (Å²) in [6.45, 7) is 3.62. The van der Waals surface area contributed by atoms with Crippen molar-refractivity contribution >= 4 is 12.4 Å². The summed E-state index contributed by atoms with van der Waals surface area (Å²) in [5.74, 6) is -9.87. The molecule has 0 saturated heterocycles. The van der Waals surface area contributed by atoms with Gasteiger partial charge in [-0.15, -0.1) is 12.4 Å². The van der Waals surface area contributed by atoms with Crippen LogP contribution in [0.1, 0.15) is 32.3 Å². The van der Waals surface area contributed by atoms with E-state index in [4.69, 9.17) is 5.73 Å². The Bertz CT molecular complexity index is 353. The molecular weight excluding hydrogens is 277 g/mol. The van der Waals surface area contributed by atoms with Gasteiger partial charge in [-0.1, -0.05) is 26.7 Å². The Labute approximate surface area is 109 Å². The number of hydrogen-bond acceptors (Lipinski definition) is 1. The molecule has 0 aromatic heterocycles. The molecule has 0 atom stereocenters. The highest BCUT2D eigenvalue weighted by Crippen LogP contribution is 2.22. The van der Waals surface area contributed by atoms with E-state index in [1.165, 1.54) is 12.8 Å². The molecule has 0 aliphatic rings. The summed E-state index contributed by atoms with van der Waals surface area (Å²) in [5, 5.41) is 0. The first-order valence-corrected chi connectivity index (χ1v) is 5.12. The summed E-state index contributed by atoms with van der Waals surface area (Å²) >= 11 is 0. The summed E-state index contributed by atoms with van der Waals surface area (Å²) in [7, 11) is 0. The molecule has 1 nitrogen and oxygen atoms in total. The lowest BCUT2D eigenvalue weighted by Gasteiger charge is -2.04. The predicted molar refractivity (Wildman–Crippen MR) is 62.0 cm³/mol. The summed E-state index contributed by atoms with van der Waals surface area (Å²) in [6, 6.07) is 0. The van der Waals surface area contributed by atoms with E-state index in [9.17, 15) is 22.0 Å². The molecule has 0 spiro atoms. The van der Waals surface area contributed by atoms with E-state index in [0.717, 1.165) is 0 Å². The zero-order chi connectivity index (χ0) is 13.6. The summed E-state index contributed by atoms with van der Waals surface area (Å²) < 4.78 is 62.3. The Morgan fingerprint density at radius 2 is 1.00 bits per heavy atom.